The van der Waals surface area contributed by atoms with E-state index in [1.807, 2.05) is 20.8 Å². The summed E-state index contributed by atoms with van der Waals surface area (Å²) in [5.74, 6) is 1.60. The van der Waals surface area contributed by atoms with Crippen molar-refractivity contribution in [1.29, 1.82) is 0 Å². The van der Waals surface area contributed by atoms with Crippen LogP contribution in [0.3, 0.4) is 0 Å². The molecule has 0 radical (unpaired) electrons. The molecule has 0 bridgehead atoms. The fourth-order valence-corrected chi connectivity index (χ4v) is 1.96. The molecule has 0 aliphatic carbocycles. The summed E-state index contributed by atoms with van der Waals surface area (Å²) >= 11 is 0. The van der Waals surface area contributed by atoms with Gasteiger partial charge in [-0.25, -0.2) is 9.18 Å². The molecule has 2 nitrogen and oxygen atoms in total. The lowest BCUT2D eigenvalue weighted by Gasteiger charge is -2.19. The van der Waals surface area contributed by atoms with Crippen LogP contribution in [-0.2, 0) is 4.74 Å². The van der Waals surface area contributed by atoms with Crippen LogP contribution in [0.2, 0.25) is 0 Å². The molecule has 0 atom stereocenters. The van der Waals surface area contributed by atoms with Crippen molar-refractivity contribution in [2.45, 2.75) is 26.4 Å². The van der Waals surface area contributed by atoms with Crippen molar-refractivity contribution >= 4 is 5.97 Å². The van der Waals surface area contributed by atoms with Crippen LogP contribution < -0.4 is 0 Å². The van der Waals surface area contributed by atoms with Crippen LogP contribution >= 0.6 is 0 Å². The maximum absolute atomic E-state index is 14.0. The lowest BCUT2D eigenvalue weighted by Crippen LogP contribution is -2.23. The molecule has 0 fully saturated rings. The first-order valence-electron chi connectivity index (χ1n) is 6.90. The Hall–Kier alpha value is -2.60. The van der Waals surface area contributed by atoms with Crippen molar-refractivity contribution in [2.24, 2.45) is 0 Å². The van der Waals surface area contributed by atoms with Gasteiger partial charge in [-0.3, -0.25) is 0 Å². The number of rotatable bonds is 2. The molecule has 0 aromatic heterocycles. The van der Waals surface area contributed by atoms with E-state index in [1.165, 1.54) is 6.07 Å². The van der Waals surface area contributed by atoms with Gasteiger partial charge in [0.15, 0.2) is 0 Å². The van der Waals surface area contributed by atoms with Crippen molar-refractivity contribution in [1.82, 2.24) is 0 Å². The average Bonchev–Trinajstić information content (AvgIpc) is 2.45. The Labute approximate surface area is 129 Å². The molecule has 0 N–H and O–H groups in total. The van der Waals surface area contributed by atoms with Gasteiger partial charge in [0, 0.05) is 11.1 Å². The third kappa shape index (κ3) is 3.73. The van der Waals surface area contributed by atoms with Gasteiger partial charge in [-0.15, -0.1) is 6.42 Å². The second kappa shape index (κ2) is 6.03. The Kier molecular flexibility index (Phi) is 4.32. The minimum atomic E-state index is -0.549. The summed E-state index contributed by atoms with van der Waals surface area (Å²) in [4.78, 5) is 11.9. The van der Waals surface area contributed by atoms with Gasteiger partial charge in [-0.05, 0) is 50.6 Å². The second-order valence-electron chi connectivity index (χ2n) is 5.92. The van der Waals surface area contributed by atoms with Gasteiger partial charge < -0.3 is 4.74 Å². The SMILES string of the molecule is C#Cc1ccc(-c2ccc(C(=O)OC(C)(C)C)cc2)c(F)c1. The van der Waals surface area contributed by atoms with Gasteiger partial charge in [0.05, 0.1) is 5.56 Å². The zero-order valence-electron chi connectivity index (χ0n) is 12.8. The van der Waals surface area contributed by atoms with Crippen LogP contribution in [0, 0.1) is 18.2 Å². The summed E-state index contributed by atoms with van der Waals surface area (Å²) in [6.07, 6.45) is 5.24. The van der Waals surface area contributed by atoms with E-state index in [-0.39, 0.29) is 5.82 Å². The van der Waals surface area contributed by atoms with Crippen LogP contribution in [0.4, 0.5) is 4.39 Å². The third-order valence-electron chi connectivity index (χ3n) is 2.97. The topological polar surface area (TPSA) is 26.3 Å². The number of esters is 1. The number of carbonyl (C=O) groups is 1. The Morgan fingerprint density at radius 2 is 1.77 bits per heavy atom. The minimum Gasteiger partial charge on any atom is -0.456 e. The highest BCUT2D eigenvalue weighted by atomic mass is 19.1. The number of ether oxygens (including phenoxy) is 1. The zero-order chi connectivity index (χ0) is 16.3. The molecular weight excluding hydrogens is 279 g/mol. The molecule has 3 heteroatoms. The molecular formula is C19H17FO2. The number of halogens is 1. The molecule has 2 rings (SSSR count). The van der Waals surface area contributed by atoms with Crippen LogP contribution in [-0.4, -0.2) is 11.6 Å². The van der Waals surface area contributed by atoms with Crippen molar-refractivity contribution < 1.29 is 13.9 Å². The molecule has 0 aliphatic heterocycles. The van der Waals surface area contributed by atoms with Crippen LogP contribution in [0.25, 0.3) is 11.1 Å². The summed E-state index contributed by atoms with van der Waals surface area (Å²) in [7, 11) is 0. The maximum atomic E-state index is 14.0. The molecule has 112 valence electrons. The van der Waals surface area contributed by atoms with Crippen molar-refractivity contribution in [3.63, 3.8) is 0 Å². The average molecular weight is 296 g/mol. The van der Waals surface area contributed by atoms with E-state index in [4.69, 9.17) is 11.2 Å². The van der Waals surface area contributed by atoms with E-state index >= 15 is 0 Å². The molecule has 22 heavy (non-hydrogen) atoms. The van der Waals surface area contributed by atoms with Crippen LogP contribution in [0.5, 0.6) is 0 Å². The lowest BCUT2D eigenvalue weighted by molar-refractivity contribution is 0.00696. The Bertz CT molecular complexity index is 732. The van der Waals surface area contributed by atoms with E-state index in [0.717, 1.165) is 0 Å². The Morgan fingerprint density at radius 3 is 2.27 bits per heavy atom. The zero-order valence-corrected chi connectivity index (χ0v) is 12.8. The van der Waals surface area contributed by atoms with Crippen LogP contribution in [0.1, 0.15) is 36.7 Å². The highest BCUT2D eigenvalue weighted by Gasteiger charge is 2.17. The molecule has 0 unspecified atom stereocenters. The van der Waals surface area contributed by atoms with Gasteiger partial charge in [0.2, 0.25) is 0 Å². The van der Waals surface area contributed by atoms with E-state index in [9.17, 15) is 9.18 Å². The molecule has 0 spiro atoms. The van der Waals surface area contributed by atoms with E-state index in [2.05, 4.69) is 5.92 Å². The van der Waals surface area contributed by atoms with Crippen molar-refractivity contribution in [3.05, 3.63) is 59.4 Å². The summed E-state index contributed by atoms with van der Waals surface area (Å²) < 4.78 is 19.3. The van der Waals surface area contributed by atoms with Gasteiger partial charge in [0.25, 0.3) is 0 Å². The number of hydrogen-bond donors (Lipinski definition) is 0. The standard InChI is InChI=1S/C19H17FO2/c1-5-13-6-11-16(17(20)12-13)14-7-9-15(10-8-14)18(21)22-19(2,3)4/h1,6-12H,2-4H3. The second-order valence-corrected chi connectivity index (χ2v) is 5.92. The first-order valence-corrected chi connectivity index (χ1v) is 6.90. The fourth-order valence-electron chi connectivity index (χ4n) is 1.96. The lowest BCUT2D eigenvalue weighted by atomic mass is 10.0. The number of carbonyl (C=O) groups excluding carboxylic acids is 1. The first kappa shape index (κ1) is 15.8. The molecule has 0 amide bonds. The molecule has 2 aromatic rings. The smallest absolute Gasteiger partial charge is 0.338 e. The van der Waals surface area contributed by atoms with Gasteiger partial charge in [-0.2, -0.15) is 0 Å². The molecule has 0 saturated carbocycles. The van der Waals surface area contributed by atoms with Crippen LogP contribution in [0.15, 0.2) is 42.5 Å². The Morgan fingerprint density at radius 1 is 1.14 bits per heavy atom. The van der Waals surface area contributed by atoms with Crippen molar-refractivity contribution in [2.75, 3.05) is 0 Å². The fraction of sp³-hybridized carbons (Fsp3) is 0.211. The first-order chi connectivity index (χ1) is 10.3. The quantitative estimate of drug-likeness (QED) is 0.605. The van der Waals surface area contributed by atoms with E-state index < -0.39 is 11.6 Å². The number of terminal acetylenes is 1. The highest BCUT2D eigenvalue weighted by Crippen LogP contribution is 2.24. The Balaban J connectivity index is 2.26. The monoisotopic (exact) mass is 296 g/mol. The molecule has 2 aromatic carbocycles. The van der Waals surface area contributed by atoms with Gasteiger partial charge in [-0.1, -0.05) is 24.1 Å². The summed E-state index contributed by atoms with van der Waals surface area (Å²) in [6.45, 7) is 5.42. The van der Waals surface area contributed by atoms with Gasteiger partial charge in [0.1, 0.15) is 11.4 Å². The summed E-state index contributed by atoms with van der Waals surface area (Å²) in [5, 5.41) is 0. The number of benzene rings is 2. The van der Waals surface area contributed by atoms with Gasteiger partial charge >= 0.3 is 5.97 Å². The predicted octanol–water partition coefficient (Wildman–Crippen LogP) is 4.43. The minimum absolute atomic E-state index is 0.388. The normalized spacial score (nSPS) is 10.9. The molecule has 0 aliphatic rings. The van der Waals surface area contributed by atoms with Crippen molar-refractivity contribution in [3.8, 4) is 23.5 Å². The number of hydrogen-bond acceptors (Lipinski definition) is 2. The predicted molar refractivity (Wildman–Crippen MR) is 84.9 cm³/mol. The highest BCUT2D eigenvalue weighted by molar-refractivity contribution is 5.90. The molecule has 0 heterocycles. The maximum Gasteiger partial charge on any atom is 0.338 e. The summed E-state index contributed by atoms with van der Waals surface area (Å²) in [5.41, 5.74) is 1.49. The largest absolute Gasteiger partial charge is 0.456 e. The summed E-state index contributed by atoms with van der Waals surface area (Å²) in [6, 6.07) is 11.3. The van der Waals surface area contributed by atoms with E-state index in [1.54, 1.807) is 36.4 Å². The molecule has 0 saturated heterocycles. The third-order valence-corrected chi connectivity index (χ3v) is 2.97. The van der Waals surface area contributed by atoms with E-state index in [0.29, 0.717) is 22.3 Å².